The molecule has 0 unspecified atom stereocenters. The molecule has 1 aliphatic heterocycles. The first kappa shape index (κ1) is 15.3. The number of hydrogen-bond acceptors (Lipinski definition) is 4. The summed E-state index contributed by atoms with van der Waals surface area (Å²) >= 11 is 0. The van der Waals surface area contributed by atoms with Crippen LogP contribution in [0.2, 0.25) is 0 Å². The van der Waals surface area contributed by atoms with Crippen molar-refractivity contribution < 1.29 is 9.53 Å². The minimum absolute atomic E-state index is 0.0447. The van der Waals surface area contributed by atoms with Gasteiger partial charge in [0.05, 0.1) is 11.4 Å². The standard InChI is InChI=1S/C21H16N2O2/c1-14-5-4-12-22-21(14)25-17-10-8-15(9-11-17)20(24)19-13-16-6-2-3-7-18(16)23-19/h2-12H,13H2,1H3. The maximum absolute atomic E-state index is 12.7. The summed E-state index contributed by atoms with van der Waals surface area (Å²) in [6.45, 7) is 1.94. The molecule has 1 aromatic heterocycles. The number of ether oxygens (including phenoxy) is 1. The predicted octanol–water partition coefficient (Wildman–Crippen LogP) is 4.69. The first-order valence-electron chi connectivity index (χ1n) is 8.10. The Kier molecular flexibility index (Phi) is 3.86. The van der Waals surface area contributed by atoms with Crippen LogP contribution in [0.3, 0.4) is 0 Å². The van der Waals surface area contributed by atoms with Gasteiger partial charge in [0.1, 0.15) is 5.75 Å². The van der Waals surface area contributed by atoms with E-state index in [1.165, 1.54) is 0 Å². The molecule has 0 atom stereocenters. The lowest BCUT2D eigenvalue weighted by molar-refractivity contribution is 0.106. The third-order valence-corrected chi connectivity index (χ3v) is 4.16. The lowest BCUT2D eigenvalue weighted by Crippen LogP contribution is -2.14. The fourth-order valence-corrected chi connectivity index (χ4v) is 2.80. The quantitative estimate of drug-likeness (QED) is 0.653. The first-order valence-corrected chi connectivity index (χ1v) is 8.10. The van der Waals surface area contributed by atoms with Crippen molar-refractivity contribution >= 4 is 17.2 Å². The monoisotopic (exact) mass is 328 g/mol. The Bertz CT molecular complexity index is 975. The van der Waals surface area contributed by atoms with Gasteiger partial charge in [0.2, 0.25) is 11.7 Å². The number of nitrogens with zero attached hydrogens (tertiary/aromatic N) is 2. The number of hydrogen-bond donors (Lipinski definition) is 0. The highest BCUT2D eigenvalue weighted by molar-refractivity contribution is 6.47. The minimum atomic E-state index is -0.0447. The summed E-state index contributed by atoms with van der Waals surface area (Å²) < 4.78 is 5.77. The van der Waals surface area contributed by atoms with Gasteiger partial charge in [-0.15, -0.1) is 0 Å². The molecule has 25 heavy (non-hydrogen) atoms. The number of pyridine rings is 1. The van der Waals surface area contributed by atoms with Crippen LogP contribution < -0.4 is 4.74 Å². The summed E-state index contributed by atoms with van der Waals surface area (Å²) in [5.74, 6) is 1.17. The third kappa shape index (κ3) is 3.06. The first-order chi connectivity index (χ1) is 12.2. The van der Waals surface area contributed by atoms with Crippen molar-refractivity contribution in [1.29, 1.82) is 0 Å². The van der Waals surface area contributed by atoms with Crippen LogP contribution in [0.25, 0.3) is 0 Å². The van der Waals surface area contributed by atoms with Gasteiger partial charge in [-0.2, -0.15) is 0 Å². The van der Waals surface area contributed by atoms with Crippen molar-refractivity contribution in [2.45, 2.75) is 13.3 Å². The zero-order chi connectivity index (χ0) is 17.2. The van der Waals surface area contributed by atoms with Crippen molar-refractivity contribution in [3.8, 4) is 11.6 Å². The molecular formula is C21H16N2O2. The van der Waals surface area contributed by atoms with Crippen molar-refractivity contribution in [2.24, 2.45) is 4.99 Å². The largest absolute Gasteiger partial charge is 0.439 e. The number of carbonyl (C=O) groups is 1. The van der Waals surface area contributed by atoms with Gasteiger partial charge in [0.25, 0.3) is 0 Å². The number of Topliss-reactive ketones (excluding diaryl/α,β-unsaturated/α-hetero) is 1. The van der Waals surface area contributed by atoms with E-state index in [1.54, 1.807) is 30.5 Å². The molecular weight excluding hydrogens is 312 g/mol. The van der Waals surface area contributed by atoms with Crippen LogP contribution in [0.5, 0.6) is 11.6 Å². The number of para-hydroxylation sites is 1. The molecule has 1 aliphatic rings. The van der Waals surface area contributed by atoms with Gasteiger partial charge in [-0.05, 0) is 48.9 Å². The van der Waals surface area contributed by atoms with Crippen LogP contribution in [0, 0.1) is 6.92 Å². The highest BCUT2D eigenvalue weighted by atomic mass is 16.5. The van der Waals surface area contributed by atoms with Crippen LogP contribution in [0.15, 0.2) is 71.9 Å². The average Bonchev–Trinajstić information content (AvgIpc) is 3.08. The van der Waals surface area contributed by atoms with E-state index >= 15 is 0 Å². The normalized spacial score (nSPS) is 12.4. The second-order valence-corrected chi connectivity index (χ2v) is 5.95. The van der Waals surface area contributed by atoms with Crippen molar-refractivity contribution in [2.75, 3.05) is 0 Å². The number of fused-ring (bicyclic) bond motifs is 1. The van der Waals surface area contributed by atoms with Crippen LogP contribution in [0.4, 0.5) is 5.69 Å². The van der Waals surface area contributed by atoms with Crippen LogP contribution in [-0.2, 0) is 6.42 Å². The molecule has 0 radical (unpaired) electrons. The molecule has 3 aromatic rings. The van der Waals surface area contributed by atoms with Gasteiger partial charge < -0.3 is 4.74 Å². The smallest absolute Gasteiger partial charge is 0.222 e. The molecule has 0 saturated heterocycles. The number of carbonyl (C=O) groups excluding carboxylic acids is 1. The molecule has 2 heterocycles. The average molecular weight is 328 g/mol. The number of rotatable bonds is 4. The Balaban J connectivity index is 1.51. The van der Waals surface area contributed by atoms with Gasteiger partial charge in [0, 0.05) is 23.7 Å². The molecule has 4 heteroatoms. The highest BCUT2D eigenvalue weighted by Crippen LogP contribution is 2.28. The summed E-state index contributed by atoms with van der Waals surface area (Å²) in [7, 11) is 0. The topological polar surface area (TPSA) is 51.5 Å². The Morgan fingerprint density at radius 1 is 1.00 bits per heavy atom. The van der Waals surface area contributed by atoms with Crippen molar-refractivity contribution in [3.05, 3.63) is 83.6 Å². The molecule has 0 amide bonds. The Labute approximate surface area is 145 Å². The zero-order valence-electron chi connectivity index (χ0n) is 13.8. The Morgan fingerprint density at radius 2 is 1.80 bits per heavy atom. The molecule has 0 fully saturated rings. The van der Waals surface area contributed by atoms with Gasteiger partial charge in [-0.1, -0.05) is 24.3 Å². The maximum Gasteiger partial charge on any atom is 0.222 e. The molecule has 4 nitrogen and oxygen atoms in total. The van der Waals surface area contributed by atoms with Gasteiger partial charge in [-0.25, -0.2) is 9.98 Å². The van der Waals surface area contributed by atoms with E-state index in [4.69, 9.17) is 4.74 Å². The number of aromatic nitrogens is 1. The fourth-order valence-electron chi connectivity index (χ4n) is 2.80. The van der Waals surface area contributed by atoms with Crippen molar-refractivity contribution in [1.82, 2.24) is 4.98 Å². The summed E-state index contributed by atoms with van der Waals surface area (Å²) in [6, 6.07) is 18.7. The number of benzene rings is 2. The van der Waals surface area contributed by atoms with Gasteiger partial charge in [-0.3, -0.25) is 4.79 Å². The molecule has 0 spiro atoms. The molecule has 0 N–H and O–H groups in total. The number of aryl methyl sites for hydroxylation is 1. The molecule has 0 bridgehead atoms. The van der Waals surface area contributed by atoms with E-state index in [0.29, 0.717) is 29.3 Å². The van der Waals surface area contributed by atoms with E-state index in [9.17, 15) is 4.79 Å². The molecule has 0 saturated carbocycles. The van der Waals surface area contributed by atoms with E-state index in [0.717, 1.165) is 16.8 Å². The second-order valence-electron chi connectivity index (χ2n) is 5.95. The zero-order valence-corrected chi connectivity index (χ0v) is 13.8. The number of aliphatic imine (C=N–C) groups is 1. The Hall–Kier alpha value is -3.27. The lowest BCUT2D eigenvalue weighted by Gasteiger charge is -2.07. The van der Waals surface area contributed by atoms with Crippen LogP contribution >= 0.6 is 0 Å². The predicted molar refractivity (Wildman–Crippen MR) is 97.1 cm³/mol. The molecule has 2 aromatic carbocycles. The second kappa shape index (κ2) is 6.32. The van der Waals surface area contributed by atoms with Crippen molar-refractivity contribution in [3.63, 3.8) is 0 Å². The third-order valence-electron chi connectivity index (χ3n) is 4.16. The van der Waals surface area contributed by atoms with Crippen LogP contribution in [0.1, 0.15) is 21.5 Å². The Morgan fingerprint density at radius 3 is 2.56 bits per heavy atom. The van der Waals surface area contributed by atoms with E-state index in [1.807, 2.05) is 43.3 Å². The molecule has 4 rings (SSSR count). The SMILES string of the molecule is Cc1cccnc1Oc1ccc(C(=O)C2=Nc3ccccc3C2)cc1. The fraction of sp³-hybridized carbons (Fsp3) is 0.0952. The van der Waals surface area contributed by atoms with E-state index < -0.39 is 0 Å². The summed E-state index contributed by atoms with van der Waals surface area (Å²) in [6.07, 6.45) is 2.27. The molecule has 0 aliphatic carbocycles. The summed E-state index contributed by atoms with van der Waals surface area (Å²) in [5, 5.41) is 0. The number of ketones is 1. The molecule has 122 valence electrons. The van der Waals surface area contributed by atoms with E-state index in [-0.39, 0.29) is 5.78 Å². The summed E-state index contributed by atoms with van der Waals surface area (Å²) in [4.78, 5) is 21.3. The van der Waals surface area contributed by atoms with E-state index in [2.05, 4.69) is 9.98 Å². The lowest BCUT2D eigenvalue weighted by atomic mass is 10.0. The maximum atomic E-state index is 12.7. The van der Waals surface area contributed by atoms with Crippen LogP contribution in [-0.4, -0.2) is 16.5 Å². The minimum Gasteiger partial charge on any atom is -0.439 e. The van der Waals surface area contributed by atoms with Gasteiger partial charge >= 0.3 is 0 Å². The van der Waals surface area contributed by atoms with Gasteiger partial charge in [0.15, 0.2) is 0 Å². The highest BCUT2D eigenvalue weighted by Gasteiger charge is 2.21. The summed E-state index contributed by atoms with van der Waals surface area (Å²) in [5.41, 5.74) is 4.13.